The highest BCUT2D eigenvalue weighted by molar-refractivity contribution is 5.97. The molecule has 0 saturated heterocycles. The Morgan fingerprint density at radius 2 is 1.72 bits per heavy atom. The van der Waals surface area contributed by atoms with Crippen molar-refractivity contribution in [1.82, 2.24) is 10.2 Å². The normalized spacial score (nSPS) is 10.6. The molecule has 0 unspecified atom stereocenters. The van der Waals surface area contributed by atoms with Crippen LogP contribution in [0, 0.1) is 0 Å². The van der Waals surface area contributed by atoms with Gasteiger partial charge in [0.25, 0.3) is 5.91 Å². The van der Waals surface area contributed by atoms with Crippen LogP contribution in [0.15, 0.2) is 42.5 Å². The van der Waals surface area contributed by atoms with Crippen LogP contribution in [0.2, 0.25) is 0 Å². The van der Waals surface area contributed by atoms with E-state index < -0.39 is 12.5 Å². The molecule has 0 fully saturated rings. The molecule has 0 spiro atoms. The minimum absolute atomic E-state index is 0.00285. The van der Waals surface area contributed by atoms with Crippen molar-refractivity contribution in [2.45, 2.75) is 26.5 Å². The van der Waals surface area contributed by atoms with E-state index in [1.54, 1.807) is 7.05 Å². The molecule has 0 radical (unpaired) electrons. The summed E-state index contributed by atoms with van der Waals surface area (Å²) in [4.78, 5) is 26.1. The molecule has 0 atom stereocenters. The van der Waals surface area contributed by atoms with Crippen LogP contribution in [0.1, 0.15) is 28.4 Å². The van der Waals surface area contributed by atoms with Crippen LogP contribution >= 0.6 is 0 Å². The van der Waals surface area contributed by atoms with Crippen LogP contribution in [0.25, 0.3) is 0 Å². The van der Waals surface area contributed by atoms with Gasteiger partial charge in [0.15, 0.2) is 11.5 Å². The summed E-state index contributed by atoms with van der Waals surface area (Å²) in [6.45, 7) is -0.705. The first-order chi connectivity index (χ1) is 13.8. The number of amides is 2. The summed E-state index contributed by atoms with van der Waals surface area (Å²) < 4.78 is 34.0. The summed E-state index contributed by atoms with van der Waals surface area (Å²) in [6, 6.07) is 11.8. The van der Waals surface area contributed by atoms with Gasteiger partial charge in [0.05, 0.1) is 13.7 Å². The molecule has 0 aliphatic carbocycles. The van der Waals surface area contributed by atoms with E-state index in [1.165, 1.54) is 35.8 Å². The molecule has 0 aromatic heterocycles. The van der Waals surface area contributed by atoms with Crippen LogP contribution in [-0.2, 0) is 17.8 Å². The first-order valence-electron chi connectivity index (χ1n) is 9.06. The predicted molar refractivity (Wildman–Crippen MR) is 104 cm³/mol. The Morgan fingerprint density at radius 3 is 2.31 bits per heavy atom. The Kier molecular flexibility index (Phi) is 7.94. The summed E-state index contributed by atoms with van der Waals surface area (Å²) in [7, 11) is 2.93. The molecule has 2 aromatic rings. The number of ether oxygens (including phenoxy) is 2. The zero-order valence-corrected chi connectivity index (χ0v) is 16.6. The predicted octanol–water partition coefficient (Wildman–Crippen LogP) is 3.25. The summed E-state index contributed by atoms with van der Waals surface area (Å²) in [5, 5.41) is 2.52. The third-order valence-electron chi connectivity index (χ3n) is 4.32. The maximum Gasteiger partial charge on any atom is 0.387 e. The Labute approximate surface area is 168 Å². The van der Waals surface area contributed by atoms with Crippen molar-refractivity contribution in [2.24, 2.45) is 0 Å². The molecule has 1 N–H and O–H groups in total. The van der Waals surface area contributed by atoms with Crippen LogP contribution in [0.3, 0.4) is 0 Å². The lowest BCUT2D eigenvalue weighted by molar-refractivity contribution is -0.129. The minimum atomic E-state index is -3.00. The van der Waals surface area contributed by atoms with Gasteiger partial charge in [0, 0.05) is 19.2 Å². The van der Waals surface area contributed by atoms with Crippen LogP contribution in [-0.4, -0.2) is 44.0 Å². The first kappa shape index (κ1) is 22.1. The van der Waals surface area contributed by atoms with Crippen LogP contribution in [0.4, 0.5) is 8.78 Å². The molecule has 8 heteroatoms. The summed E-state index contributed by atoms with van der Waals surface area (Å²) >= 11 is 0. The Morgan fingerprint density at radius 1 is 1.07 bits per heavy atom. The van der Waals surface area contributed by atoms with Crippen molar-refractivity contribution in [3.8, 4) is 11.5 Å². The second-order valence-corrected chi connectivity index (χ2v) is 6.35. The van der Waals surface area contributed by atoms with Gasteiger partial charge in [-0.1, -0.05) is 31.2 Å². The number of aryl methyl sites for hydroxylation is 1. The maximum absolute atomic E-state index is 12.4. The lowest BCUT2D eigenvalue weighted by atomic mass is 10.1. The number of benzene rings is 2. The molecular formula is C21H24F2N2O4. The van der Waals surface area contributed by atoms with Gasteiger partial charge in [0.1, 0.15) is 0 Å². The smallest absolute Gasteiger partial charge is 0.387 e. The van der Waals surface area contributed by atoms with Gasteiger partial charge < -0.3 is 19.7 Å². The fourth-order valence-corrected chi connectivity index (χ4v) is 2.64. The number of hydrogen-bond donors (Lipinski definition) is 1. The number of hydrogen-bond acceptors (Lipinski definition) is 4. The standard InChI is InChI=1S/C21H24F2N2O4/c1-4-14-5-7-15(8-6-14)13-25(2)19(26)12-24-20(27)16-9-10-17(29-21(22)23)18(11-16)28-3/h5-11,21H,4,12-13H2,1-3H3,(H,24,27). The van der Waals surface area contributed by atoms with E-state index in [0.29, 0.717) is 6.54 Å². The molecule has 0 aliphatic heterocycles. The Balaban J connectivity index is 1.92. The largest absolute Gasteiger partial charge is 0.493 e. The molecule has 29 heavy (non-hydrogen) atoms. The Hall–Kier alpha value is -3.16. The number of carbonyl (C=O) groups is 2. The van der Waals surface area contributed by atoms with Gasteiger partial charge >= 0.3 is 6.61 Å². The molecule has 2 rings (SSSR count). The number of nitrogens with one attached hydrogen (secondary N) is 1. The number of methoxy groups -OCH3 is 1. The third-order valence-corrected chi connectivity index (χ3v) is 4.32. The molecule has 0 saturated carbocycles. The highest BCUT2D eigenvalue weighted by Crippen LogP contribution is 2.29. The highest BCUT2D eigenvalue weighted by atomic mass is 19.3. The van der Waals surface area contributed by atoms with Crippen molar-refractivity contribution in [3.05, 3.63) is 59.2 Å². The second-order valence-electron chi connectivity index (χ2n) is 6.35. The van der Waals surface area contributed by atoms with E-state index in [4.69, 9.17) is 4.74 Å². The zero-order chi connectivity index (χ0) is 21.4. The summed E-state index contributed by atoms with van der Waals surface area (Å²) in [5.74, 6) is -0.968. The van der Waals surface area contributed by atoms with E-state index in [0.717, 1.165) is 12.0 Å². The van der Waals surface area contributed by atoms with Crippen molar-refractivity contribution >= 4 is 11.8 Å². The van der Waals surface area contributed by atoms with Gasteiger partial charge in [0.2, 0.25) is 5.91 Å². The molecule has 156 valence electrons. The van der Waals surface area contributed by atoms with Crippen molar-refractivity contribution in [1.29, 1.82) is 0 Å². The van der Waals surface area contributed by atoms with Crippen molar-refractivity contribution in [3.63, 3.8) is 0 Å². The fraction of sp³-hybridized carbons (Fsp3) is 0.333. The van der Waals surface area contributed by atoms with E-state index >= 15 is 0 Å². The van der Waals surface area contributed by atoms with Crippen LogP contribution < -0.4 is 14.8 Å². The number of halogens is 2. The highest BCUT2D eigenvalue weighted by Gasteiger charge is 2.16. The molecule has 2 aromatic carbocycles. The van der Waals surface area contributed by atoms with Gasteiger partial charge in [-0.2, -0.15) is 8.78 Å². The molecule has 6 nitrogen and oxygen atoms in total. The molecule has 0 bridgehead atoms. The molecule has 0 heterocycles. The van der Waals surface area contributed by atoms with Gasteiger partial charge in [-0.25, -0.2) is 0 Å². The lowest BCUT2D eigenvalue weighted by Crippen LogP contribution is -2.37. The van der Waals surface area contributed by atoms with Gasteiger partial charge in [-0.3, -0.25) is 9.59 Å². The van der Waals surface area contributed by atoms with E-state index in [1.807, 2.05) is 24.3 Å². The lowest BCUT2D eigenvalue weighted by Gasteiger charge is -2.18. The molecule has 2 amide bonds. The average Bonchev–Trinajstić information content (AvgIpc) is 2.72. The summed E-state index contributed by atoms with van der Waals surface area (Å²) in [5.41, 5.74) is 2.37. The van der Waals surface area contributed by atoms with E-state index in [-0.39, 0.29) is 29.5 Å². The summed E-state index contributed by atoms with van der Waals surface area (Å²) in [6.07, 6.45) is 0.946. The number of nitrogens with zero attached hydrogens (tertiary/aromatic N) is 1. The third kappa shape index (κ3) is 6.44. The van der Waals surface area contributed by atoms with E-state index in [2.05, 4.69) is 17.0 Å². The van der Waals surface area contributed by atoms with Crippen molar-refractivity contribution < 1.29 is 27.8 Å². The first-order valence-corrected chi connectivity index (χ1v) is 9.06. The monoisotopic (exact) mass is 406 g/mol. The second kappa shape index (κ2) is 10.4. The molecule has 0 aliphatic rings. The maximum atomic E-state index is 12.4. The number of likely N-dealkylation sites (N-methyl/N-ethyl adjacent to an activating group) is 1. The topological polar surface area (TPSA) is 67.9 Å². The number of carbonyl (C=O) groups excluding carboxylic acids is 2. The van der Waals surface area contributed by atoms with Gasteiger partial charge in [-0.05, 0) is 35.7 Å². The average molecular weight is 406 g/mol. The minimum Gasteiger partial charge on any atom is -0.493 e. The van der Waals surface area contributed by atoms with E-state index in [9.17, 15) is 18.4 Å². The number of rotatable bonds is 9. The number of alkyl halides is 2. The van der Waals surface area contributed by atoms with Crippen LogP contribution in [0.5, 0.6) is 11.5 Å². The SMILES string of the molecule is CCc1ccc(CN(C)C(=O)CNC(=O)c2ccc(OC(F)F)c(OC)c2)cc1. The fourth-order valence-electron chi connectivity index (χ4n) is 2.64. The van der Waals surface area contributed by atoms with Gasteiger partial charge in [-0.15, -0.1) is 0 Å². The quantitative estimate of drug-likeness (QED) is 0.694. The molecular weight excluding hydrogens is 382 g/mol. The zero-order valence-electron chi connectivity index (χ0n) is 16.6. The Bertz CT molecular complexity index is 841. The van der Waals surface area contributed by atoms with Crippen molar-refractivity contribution in [2.75, 3.05) is 20.7 Å².